The van der Waals surface area contributed by atoms with Gasteiger partial charge in [0.05, 0.1) is 4.92 Å². The van der Waals surface area contributed by atoms with Crippen LogP contribution in [0.5, 0.6) is 11.5 Å². The zero-order valence-electron chi connectivity index (χ0n) is 11.1. The number of hydrogen-bond donors (Lipinski definition) is 1. The van der Waals surface area contributed by atoms with E-state index in [0.29, 0.717) is 21.8 Å². The average Bonchev–Trinajstić information content (AvgIpc) is 2.44. The van der Waals surface area contributed by atoms with Gasteiger partial charge in [-0.15, -0.1) is 0 Å². The molecule has 0 atom stereocenters. The highest BCUT2D eigenvalue weighted by Crippen LogP contribution is 2.34. The summed E-state index contributed by atoms with van der Waals surface area (Å²) >= 11 is 9.34. The average molecular weight is 372 g/mol. The van der Waals surface area contributed by atoms with Crippen LogP contribution < -0.4 is 10.1 Å². The van der Waals surface area contributed by atoms with E-state index in [1.165, 1.54) is 12.1 Å². The van der Waals surface area contributed by atoms with Gasteiger partial charge in [0, 0.05) is 22.1 Å². The number of nitrogens with zero attached hydrogens (tertiary/aromatic N) is 1. The largest absolute Gasteiger partial charge is 0.450 e. The standard InChI is InChI=1S/C14H12BrClN2O3/c1-17-8-9-2-4-11(7-12(9)16)21-14-5-3-10(15)6-13(14)18(19)20/h2-7,17H,8H2,1H3. The SMILES string of the molecule is CNCc1ccc(Oc2ccc(Br)cc2[N+](=O)[O-])cc1Cl. The van der Waals surface area contributed by atoms with E-state index in [1.54, 1.807) is 18.2 Å². The molecule has 0 spiro atoms. The third-order valence-corrected chi connectivity index (χ3v) is 3.58. The molecule has 0 heterocycles. The molecule has 21 heavy (non-hydrogen) atoms. The van der Waals surface area contributed by atoms with Gasteiger partial charge < -0.3 is 10.1 Å². The number of nitrogens with one attached hydrogen (secondary N) is 1. The highest BCUT2D eigenvalue weighted by Gasteiger charge is 2.16. The first kappa shape index (κ1) is 15.8. The van der Waals surface area contributed by atoms with E-state index < -0.39 is 4.92 Å². The van der Waals surface area contributed by atoms with E-state index in [9.17, 15) is 10.1 Å². The second kappa shape index (κ2) is 6.89. The van der Waals surface area contributed by atoms with Crippen molar-refractivity contribution in [2.75, 3.05) is 7.05 Å². The Labute approximate surface area is 135 Å². The van der Waals surface area contributed by atoms with Gasteiger partial charge in [0.15, 0.2) is 0 Å². The molecule has 0 aliphatic rings. The number of nitro benzene ring substituents is 1. The van der Waals surface area contributed by atoms with E-state index >= 15 is 0 Å². The monoisotopic (exact) mass is 370 g/mol. The lowest BCUT2D eigenvalue weighted by Crippen LogP contribution is -2.05. The van der Waals surface area contributed by atoms with Crippen LogP contribution in [0.4, 0.5) is 5.69 Å². The molecule has 0 unspecified atom stereocenters. The van der Waals surface area contributed by atoms with Crippen LogP contribution in [0.2, 0.25) is 5.02 Å². The summed E-state index contributed by atoms with van der Waals surface area (Å²) in [4.78, 5) is 10.6. The van der Waals surface area contributed by atoms with Crippen molar-refractivity contribution in [1.82, 2.24) is 5.32 Å². The Bertz CT molecular complexity index is 679. The summed E-state index contributed by atoms with van der Waals surface area (Å²) in [7, 11) is 1.83. The van der Waals surface area contributed by atoms with Crippen LogP contribution in [-0.4, -0.2) is 12.0 Å². The van der Waals surface area contributed by atoms with Crippen LogP contribution in [0.1, 0.15) is 5.56 Å². The number of nitro groups is 1. The molecule has 0 radical (unpaired) electrons. The van der Waals surface area contributed by atoms with Crippen molar-refractivity contribution in [2.45, 2.75) is 6.54 Å². The summed E-state index contributed by atoms with van der Waals surface area (Å²) in [6.45, 7) is 0.636. The minimum absolute atomic E-state index is 0.111. The molecule has 2 rings (SSSR count). The molecule has 0 amide bonds. The highest BCUT2D eigenvalue weighted by atomic mass is 79.9. The molecule has 0 saturated heterocycles. The molecule has 0 saturated carbocycles. The summed E-state index contributed by atoms with van der Waals surface area (Å²) in [6.07, 6.45) is 0. The van der Waals surface area contributed by atoms with Crippen molar-refractivity contribution in [1.29, 1.82) is 0 Å². The van der Waals surface area contributed by atoms with Gasteiger partial charge in [0.2, 0.25) is 5.75 Å². The van der Waals surface area contributed by atoms with Crippen LogP contribution in [0.15, 0.2) is 40.9 Å². The molecule has 7 heteroatoms. The fraction of sp³-hybridized carbons (Fsp3) is 0.143. The summed E-state index contributed by atoms with van der Waals surface area (Å²) in [5, 5.41) is 14.6. The minimum Gasteiger partial charge on any atom is -0.450 e. The molecule has 0 aromatic heterocycles. The molecule has 0 fully saturated rings. The molecule has 1 N–H and O–H groups in total. The maximum atomic E-state index is 11.0. The summed E-state index contributed by atoms with van der Waals surface area (Å²) in [5.74, 6) is 0.617. The minimum atomic E-state index is -0.489. The Kier molecular flexibility index (Phi) is 5.17. The lowest BCUT2D eigenvalue weighted by atomic mass is 10.2. The predicted octanol–water partition coefficient (Wildman–Crippen LogP) is 4.52. The smallest absolute Gasteiger partial charge is 0.312 e. The Morgan fingerprint density at radius 2 is 2.10 bits per heavy atom. The van der Waals surface area contributed by atoms with Gasteiger partial charge in [-0.1, -0.05) is 33.6 Å². The number of halogens is 2. The fourth-order valence-corrected chi connectivity index (χ4v) is 2.36. The maximum absolute atomic E-state index is 11.0. The van der Waals surface area contributed by atoms with Gasteiger partial charge >= 0.3 is 5.69 Å². The topological polar surface area (TPSA) is 64.4 Å². The summed E-state index contributed by atoms with van der Waals surface area (Å²) < 4.78 is 6.19. The number of ether oxygens (including phenoxy) is 1. The molecule has 110 valence electrons. The Balaban J connectivity index is 2.30. The fourth-order valence-electron chi connectivity index (χ4n) is 1.77. The van der Waals surface area contributed by atoms with Gasteiger partial charge in [0.1, 0.15) is 5.75 Å². The zero-order chi connectivity index (χ0) is 15.4. The Morgan fingerprint density at radius 3 is 2.71 bits per heavy atom. The number of benzene rings is 2. The Hall–Kier alpha value is -1.63. The van der Waals surface area contributed by atoms with Gasteiger partial charge in [-0.25, -0.2) is 0 Å². The first-order valence-corrected chi connectivity index (χ1v) is 7.23. The van der Waals surface area contributed by atoms with Crippen molar-refractivity contribution in [3.05, 3.63) is 61.6 Å². The molecular formula is C14H12BrClN2O3. The second-order valence-electron chi connectivity index (χ2n) is 4.25. The molecule has 0 aliphatic carbocycles. The first-order chi connectivity index (χ1) is 10.0. The summed E-state index contributed by atoms with van der Waals surface area (Å²) in [5.41, 5.74) is 0.816. The van der Waals surface area contributed by atoms with E-state index in [2.05, 4.69) is 21.2 Å². The van der Waals surface area contributed by atoms with Gasteiger partial charge in [-0.05, 0) is 36.9 Å². The van der Waals surface area contributed by atoms with E-state index in [4.69, 9.17) is 16.3 Å². The molecular weight excluding hydrogens is 360 g/mol. The van der Waals surface area contributed by atoms with Gasteiger partial charge in [0.25, 0.3) is 0 Å². The number of hydrogen-bond acceptors (Lipinski definition) is 4. The Morgan fingerprint density at radius 1 is 1.33 bits per heavy atom. The van der Waals surface area contributed by atoms with Crippen LogP contribution in [0.25, 0.3) is 0 Å². The van der Waals surface area contributed by atoms with Crippen LogP contribution in [-0.2, 0) is 6.54 Å². The van der Waals surface area contributed by atoms with Crippen molar-refractivity contribution in [3.8, 4) is 11.5 Å². The molecule has 0 aliphatic heterocycles. The third kappa shape index (κ3) is 3.93. The van der Waals surface area contributed by atoms with Crippen LogP contribution >= 0.6 is 27.5 Å². The maximum Gasteiger partial charge on any atom is 0.312 e. The van der Waals surface area contributed by atoms with E-state index in [-0.39, 0.29) is 11.4 Å². The van der Waals surface area contributed by atoms with Crippen LogP contribution in [0.3, 0.4) is 0 Å². The molecule has 2 aromatic carbocycles. The van der Waals surface area contributed by atoms with Crippen molar-refractivity contribution in [2.24, 2.45) is 0 Å². The second-order valence-corrected chi connectivity index (χ2v) is 5.58. The van der Waals surface area contributed by atoms with Crippen LogP contribution in [0, 0.1) is 10.1 Å². The summed E-state index contributed by atoms with van der Waals surface area (Å²) in [6, 6.07) is 9.80. The molecule has 5 nitrogen and oxygen atoms in total. The van der Waals surface area contributed by atoms with Crippen molar-refractivity contribution < 1.29 is 9.66 Å². The lowest BCUT2D eigenvalue weighted by molar-refractivity contribution is -0.385. The predicted molar refractivity (Wildman–Crippen MR) is 85.1 cm³/mol. The van der Waals surface area contributed by atoms with Gasteiger partial charge in [-0.3, -0.25) is 10.1 Å². The quantitative estimate of drug-likeness (QED) is 0.620. The molecule has 2 aromatic rings. The van der Waals surface area contributed by atoms with E-state index in [1.807, 2.05) is 13.1 Å². The van der Waals surface area contributed by atoms with Gasteiger partial charge in [-0.2, -0.15) is 0 Å². The number of rotatable bonds is 5. The lowest BCUT2D eigenvalue weighted by Gasteiger charge is -2.09. The highest BCUT2D eigenvalue weighted by molar-refractivity contribution is 9.10. The van der Waals surface area contributed by atoms with Crippen molar-refractivity contribution >= 4 is 33.2 Å². The first-order valence-electron chi connectivity index (χ1n) is 6.06. The zero-order valence-corrected chi connectivity index (χ0v) is 13.4. The third-order valence-electron chi connectivity index (χ3n) is 2.74. The normalized spacial score (nSPS) is 10.4. The van der Waals surface area contributed by atoms with E-state index in [0.717, 1.165) is 5.56 Å². The molecule has 0 bridgehead atoms. The van der Waals surface area contributed by atoms with Crippen molar-refractivity contribution in [3.63, 3.8) is 0 Å².